The van der Waals surface area contributed by atoms with Gasteiger partial charge in [-0.3, -0.25) is 4.79 Å². The van der Waals surface area contributed by atoms with Crippen LogP contribution in [0.5, 0.6) is 0 Å². The third-order valence-corrected chi connectivity index (χ3v) is 3.37. The molecule has 3 nitrogen and oxygen atoms in total. The molecule has 2 atom stereocenters. The van der Waals surface area contributed by atoms with Crippen molar-refractivity contribution in [3.63, 3.8) is 0 Å². The van der Waals surface area contributed by atoms with Gasteiger partial charge in [0.1, 0.15) is 0 Å². The molecule has 0 aromatic heterocycles. The van der Waals surface area contributed by atoms with Crippen LogP contribution < -0.4 is 5.32 Å². The van der Waals surface area contributed by atoms with Crippen molar-refractivity contribution in [2.24, 2.45) is 5.92 Å². The summed E-state index contributed by atoms with van der Waals surface area (Å²) in [6, 6.07) is 0.584. The lowest BCUT2D eigenvalue weighted by Crippen LogP contribution is -2.49. The fraction of sp³-hybridized carbons (Fsp3) is 0.917. The molecule has 1 rings (SSSR count). The second kappa shape index (κ2) is 6.11. The van der Waals surface area contributed by atoms with E-state index in [0.29, 0.717) is 17.9 Å². The van der Waals surface area contributed by atoms with Gasteiger partial charge in [-0.2, -0.15) is 0 Å². The second-order valence-electron chi connectivity index (χ2n) is 4.60. The Balaban J connectivity index is 2.36. The average Bonchev–Trinajstić information content (AvgIpc) is 2.25. The molecule has 1 heterocycles. The van der Waals surface area contributed by atoms with E-state index in [0.717, 1.165) is 38.8 Å². The highest BCUT2D eigenvalue weighted by Crippen LogP contribution is 2.17. The van der Waals surface area contributed by atoms with Crippen LogP contribution in [0.2, 0.25) is 0 Å². The van der Waals surface area contributed by atoms with Gasteiger partial charge in [-0.25, -0.2) is 0 Å². The Labute approximate surface area is 93.2 Å². The van der Waals surface area contributed by atoms with Crippen molar-refractivity contribution in [1.82, 2.24) is 10.2 Å². The molecule has 0 radical (unpaired) electrons. The number of nitrogens with one attached hydrogen (secondary N) is 1. The van der Waals surface area contributed by atoms with E-state index in [2.05, 4.69) is 19.2 Å². The number of piperidine rings is 1. The van der Waals surface area contributed by atoms with E-state index in [4.69, 9.17) is 0 Å². The minimum absolute atomic E-state index is 0.346. The fourth-order valence-electron chi connectivity index (χ4n) is 2.29. The van der Waals surface area contributed by atoms with Gasteiger partial charge in [0, 0.05) is 25.6 Å². The number of carbonyl (C=O) groups is 1. The number of hydrogen-bond donors (Lipinski definition) is 1. The zero-order chi connectivity index (χ0) is 11.3. The second-order valence-corrected chi connectivity index (χ2v) is 4.60. The van der Waals surface area contributed by atoms with Gasteiger partial charge in [0.15, 0.2) is 0 Å². The van der Waals surface area contributed by atoms with Crippen molar-refractivity contribution in [1.29, 1.82) is 0 Å². The van der Waals surface area contributed by atoms with Crippen LogP contribution in [0.25, 0.3) is 0 Å². The molecule has 2 unspecified atom stereocenters. The van der Waals surface area contributed by atoms with Gasteiger partial charge in [0.2, 0.25) is 5.91 Å². The predicted molar refractivity (Wildman–Crippen MR) is 62.7 cm³/mol. The molecule has 1 N–H and O–H groups in total. The quantitative estimate of drug-likeness (QED) is 0.768. The maximum Gasteiger partial charge on any atom is 0.222 e. The first kappa shape index (κ1) is 12.5. The largest absolute Gasteiger partial charge is 0.342 e. The van der Waals surface area contributed by atoms with Crippen LogP contribution in [0.15, 0.2) is 0 Å². The molecule has 0 aliphatic carbocycles. The normalized spacial score (nSPS) is 26.7. The monoisotopic (exact) mass is 212 g/mol. The summed E-state index contributed by atoms with van der Waals surface area (Å²) in [4.78, 5) is 13.8. The lowest BCUT2D eigenvalue weighted by atomic mass is 9.94. The van der Waals surface area contributed by atoms with E-state index in [1.54, 1.807) is 0 Å². The van der Waals surface area contributed by atoms with E-state index >= 15 is 0 Å². The Kier molecular flexibility index (Phi) is 5.09. The minimum Gasteiger partial charge on any atom is -0.342 e. The Morgan fingerprint density at radius 3 is 2.80 bits per heavy atom. The van der Waals surface area contributed by atoms with Gasteiger partial charge in [0.25, 0.3) is 0 Å². The van der Waals surface area contributed by atoms with E-state index < -0.39 is 0 Å². The molecule has 1 aliphatic heterocycles. The number of unbranched alkanes of at least 4 members (excludes halogenated alkanes) is 1. The van der Waals surface area contributed by atoms with Gasteiger partial charge in [-0.05, 0) is 25.8 Å². The van der Waals surface area contributed by atoms with Crippen LogP contribution in [0.4, 0.5) is 0 Å². The molecule has 0 spiro atoms. The summed E-state index contributed by atoms with van der Waals surface area (Å²) in [6.45, 7) is 6.20. The molecule has 3 heteroatoms. The summed E-state index contributed by atoms with van der Waals surface area (Å²) in [5.41, 5.74) is 0. The topological polar surface area (TPSA) is 32.3 Å². The SMILES string of the molecule is CCCCC(=O)N1CCC(NC)C(C)C1. The number of likely N-dealkylation sites (tertiary alicyclic amines) is 1. The lowest BCUT2D eigenvalue weighted by Gasteiger charge is -2.36. The Hall–Kier alpha value is -0.570. The van der Waals surface area contributed by atoms with Crippen LogP contribution >= 0.6 is 0 Å². The average molecular weight is 212 g/mol. The van der Waals surface area contributed by atoms with Gasteiger partial charge in [0.05, 0.1) is 0 Å². The highest BCUT2D eigenvalue weighted by Gasteiger charge is 2.26. The van der Waals surface area contributed by atoms with E-state index in [1.807, 2.05) is 11.9 Å². The first-order chi connectivity index (χ1) is 7.19. The molecular weight excluding hydrogens is 188 g/mol. The highest BCUT2D eigenvalue weighted by atomic mass is 16.2. The summed E-state index contributed by atoms with van der Waals surface area (Å²) < 4.78 is 0. The van der Waals surface area contributed by atoms with Gasteiger partial charge >= 0.3 is 0 Å². The lowest BCUT2D eigenvalue weighted by molar-refractivity contribution is -0.133. The number of nitrogens with zero attached hydrogens (tertiary/aromatic N) is 1. The smallest absolute Gasteiger partial charge is 0.222 e. The van der Waals surface area contributed by atoms with Gasteiger partial charge < -0.3 is 10.2 Å². The first-order valence-electron chi connectivity index (χ1n) is 6.14. The predicted octanol–water partition coefficient (Wildman–Crippen LogP) is 1.63. The number of hydrogen-bond acceptors (Lipinski definition) is 2. The van der Waals surface area contributed by atoms with Crippen molar-refractivity contribution in [3.8, 4) is 0 Å². The van der Waals surface area contributed by atoms with Crippen LogP contribution in [0.3, 0.4) is 0 Å². The molecule has 1 aliphatic rings. The molecular formula is C12H24N2O. The van der Waals surface area contributed by atoms with Crippen LogP contribution in [-0.4, -0.2) is 37.0 Å². The highest BCUT2D eigenvalue weighted by molar-refractivity contribution is 5.76. The molecule has 1 fully saturated rings. The first-order valence-corrected chi connectivity index (χ1v) is 6.14. The third kappa shape index (κ3) is 3.49. The Bertz CT molecular complexity index is 206. The molecule has 0 saturated carbocycles. The number of rotatable bonds is 4. The Morgan fingerprint density at radius 2 is 2.27 bits per heavy atom. The summed E-state index contributed by atoms with van der Waals surface area (Å²) in [5.74, 6) is 0.924. The van der Waals surface area contributed by atoms with Crippen LogP contribution in [-0.2, 0) is 4.79 Å². The molecule has 0 aromatic carbocycles. The molecule has 15 heavy (non-hydrogen) atoms. The summed E-state index contributed by atoms with van der Waals surface area (Å²) in [5, 5.41) is 3.32. The van der Waals surface area contributed by atoms with Crippen LogP contribution in [0.1, 0.15) is 39.5 Å². The number of amides is 1. The zero-order valence-electron chi connectivity index (χ0n) is 10.3. The van der Waals surface area contributed by atoms with E-state index in [1.165, 1.54) is 0 Å². The van der Waals surface area contributed by atoms with Crippen molar-refractivity contribution in [2.45, 2.75) is 45.6 Å². The molecule has 1 saturated heterocycles. The zero-order valence-corrected chi connectivity index (χ0v) is 10.3. The van der Waals surface area contributed by atoms with Crippen molar-refractivity contribution in [2.75, 3.05) is 20.1 Å². The van der Waals surface area contributed by atoms with Crippen molar-refractivity contribution in [3.05, 3.63) is 0 Å². The maximum absolute atomic E-state index is 11.8. The molecule has 1 amide bonds. The number of carbonyl (C=O) groups excluding carboxylic acids is 1. The minimum atomic E-state index is 0.346. The maximum atomic E-state index is 11.8. The third-order valence-electron chi connectivity index (χ3n) is 3.37. The van der Waals surface area contributed by atoms with Gasteiger partial charge in [-0.15, -0.1) is 0 Å². The fourth-order valence-corrected chi connectivity index (χ4v) is 2.29. The van der Waals surface area contributed by atoms with Gasteiger partial charge in [-0.1, -0.05) is 20.3 Å². The van der Waals surface area contributed by atoms with E-state index in [-0.39, 0.29) is 0 Å². The molecule has 88 valence electrons. The standard InChI is InChI=1S/C12H24N2O/c1-4-5-6-12(15)14-8-7-11(13-3)10(2)9-14/h10-11,13H,4-9H2,1-3H3. The Morgan fingerprint density at radius 1 is 1.53 bits per heavy atom. The molecule has 0 bridgehead atoms. The summed E-state index contributed by atoms with van der Waals surface area (Å²) in [7, 11) is 2.01. The summed E-state index contributed by atoms with van der Waals surface area (Å²) in [6.07, 6.45) is 3.95. The van der Waals surface area contributed by atoms with Crippen molar-refractivity contribution < 1.29 is 4.79 Å². The van der Waals surface area contributed by atoms with E-state index in [9.17, 15) is 4.79 Å². The van der Waals surface area contributed by atoms with Crippen LogP contribution in [0, 0.1) is 5.92 Å². The van der Waals surface area contributed by atoms with Crippen molar-refractivity contribution >= 4 is 5.91 Å². The molecule has 0 aromatic rings. The summed E-state index contributed by atoms with van der Waals surface area (Å²) >= 11 is 0.